The molecule has 1 aromatic heterocycles. The number of amides is 1. The summed E-state index contributed by atoms with van der Waals surface area (Å²) in [5.41, 5.74) is 1.44. The first-order valence-corrected chi connectivity index (χ1v) is 8.23. The number of nitrogens with zero attached hydrogens (tertiary/aromatic N) is 2. The second kappa shape index (κ2) is 6.62. The number of carbonyl (C=O) groups excluding carboxylic acids is 1. The Morgan fingerprint density at radius 2 is 2.22 bits per heavy atom. The lowest BCUT2D eigenvalue weighted by Gasteiger charge is -2.42. The molecule has 0 radical (unpaired) electrons. The zero-order valence-corrected chi connectivity index (χ0v) is 13.9. The fourth-order valence-electron chi connectivity index (χ4n) is 2.99. The minimum atomic E-state index is -0.0654. The molecule has 1 aliphatic carbocycles. The van der Waals surface area contributed by atoms with Crippen molar-refractivity contribution in [2.75, 3.05) is 11.9 Å². The molecule has 6 heteroatoms. The molecule has 1 fully saturated rings. The van der Waals surface area contributed by atoms with E-state index in [1.54, 1.807) is 4.68 Å². The van der Waals surface area contributed by atoms with Gasteiger partial charge in [0, 0.05) is 36.2 Å². The van der Waals surface area contributed by atoms with Gasteiger partial charge < -0.3 is 10.6 Å². The highest BCUT2D eigenvalue weighted by atomic mass is 35.5. The van der Waals surface area contributed by atoms with Crippen molar-refractivity contribution in [2.24, 2.45) is 0 Å². The van der Waals surface area contributed by atoms with Crippen LogP contribution in [0.3, 0.4) is 0 Å². The minimum absolute atomic E-state index is 0.0654. The number of hydrogen-bond acceptors (Lipinski definition) is 3. The summed E-state index contributed by atoms with van der Waals surface area (Å²) < 4.78 is 1.70. The van der Waals surface area contributed by atoms with Crippen LogP contribution < -0.4 is 10.6 Å². The van der Waals surface area contributed by atoms with Gasteiger partial charge in [-0.2, -0.15) is 5.10 Å². The maximum Gasteiger partial charge on any atom is 0.218 e. The SMILES string of the molecule is CC(=O)NCn1ccc(NCC2(c3cccc(Cl)c3)CCC2)n1. The summed E-state index contributed by atoms with van der Waals surface area (Å²) in [7, 11) is 0. The first kappa shape index (κ1) is 15.9. The molecule has 1 heterocycles. The van der Waals surface area contributed by atoms with Crippen LogP contribution in [-0.4, -0.2) is 22.2 Å². The standard InChI is InChI=1S/C17H21ClN4O/c1-13(23)20-12-22-9-6-16(21-22)19-11-17(7-3-8-17)14-4-2-5-15(18)10-14/h2,4-6,9-10H,3,7-8,11-12H2,1H3,(H,19,21)(H,20,23). The molecule has 2 aromatic rings. The van der Waals surface area contributed by atoms with E-state index in [1.165, 1.54) is 18.9 Å². The fourth-order valence-corrected chi connectivity index (χ4v) is 3.18. The third-order valence-corrected chi connectivity index (χ3v) is 4.72. The Kier molecular flexibility index (Phi) is 4.57. The van der Waals surface area contributed by atoms with Crippen LogP contribution in [-0.2, 0) is 16.9 Å². The highest BCUT2D eigenvalue weighted by molar-refractivity contribution is 6.30. The minimum Gasteiger partial charge on any atom is -0.368 e. The Morgan fingerprint density at radius 1 is 1.39 bits per heavy atom. The third kappa shape index (κ3) is 3.67. The van der Waals surface area contributed by atoms with E-state index in [0.717, 1.165) is 30.2 Å². The summed E-state index contributed by atoms with van der Waals surface area (Å²) in [6.07, 6.45) is 5.41. The Labute approximate surface area is 141 Å². The Balaban J connectivity index is 1.63. The van der Waals surface area contributed by atoms with Crippen molar-refractivity contribution in [1.82, 2.24) is 15.1 Å². The summed E-state index contributed by atoms with van der Waals surface area (Å²) in [6, 6.07) is 10.1. The van der Waals surface area contributed by atoms with Gasteiger partial charge in [0.25, 0.3) is 0 Å². The predicted molar refractivity (Wildman–Crippen MR) is 91.5 cm³/mol. The molecule has 1 aromatic carbocycles. The zero-order chi connectivity index (χ0) is 16.3. The van der Waals surface area contributed by atoms with E-state index in [1.807, 2.05) is 24.4 Å². The first-order valence-electron chi connectivity index (χ1n) is 7.85. The molecule has 3 rings (SSSR count). The monoisotopic (exact) mass is 332 g/mol. The predicted octanol–water partition coefficient (Wildman–Crippen LogP) is 3.16. The van der Waals surface area contributed by atoms with Gasteiger partial charge in [0.1, 0.15) is 12.5 Å². The molecular formula is C17H21ClN4O. The summed E-state index contributed by atoms with van der Waals surface area (Å²) in [5, 5.41) is 11.4. The summed E-state index contributed by atoms with van der Waals surface area (Å²) >= 11 is 6.14. The fraction of sp³-hybridized carbons (Fsp3) is 0.412. The van der Waals surface area contributed by atoms with Crippen molar-refractivity contribution in [2.45, 2.75) is 38.3 Å². The van der Waals surface area contributed by atoms with Crippen molar-refractivity contribution in [3.63, 3.8) is 0 Å². The van der Waals surface area contributed by atoms with Gasteiger partial charge >= 0.3 is 0 Å². The molecule has 122 valence electrons. The molecule has 0 unspecified atom stereocenters. The lowest BCUT2D eigenvalue weighted by Crippen LogP contribution is -2.41. The van der Waals surface area contributed by atoms with Crippen LogP contribution in [0.2, 0.25) is 5.02 Å². The quantitative estimate of drug-likeness (QED) is 0.854. The van der Waals surface area contributed by atoms with E-state index in [4.69, 9.17) is 11.6 Å². The molecule has 0 aliphatic heterocycles. The van der Waals surface area contributed by atoms with E-state index >= 15 is 0 Å². The van der Waals surface area contributed by atoms with E-state index in [-0.39, 0.29) is 11.3 Å². The number of anilines is 1. The van der Waals surface area contributed by atoms with E-state index in [0.29, 0.717) is 6.67 Å². The van der Waals surface area contributed by atoms with Crippen molar-refractivity contribution < 1.29 is 4.79 Å². The summed E-state index contributed by atoms with van der Waals surface area (Å²) in [6.45, 7) is 2.72. The van der Waals surface area contributed by atoms with Gasteiger partial charge in [-0.3, -0.25) is 9.48 Å². The molecule has 1 amide bonds. The van der Waals surface area contributed by atoms with Crippen LogP contribution in [0.1, 0.15) is 31.7 Å². The molecule has 23 heavy (non-hydrogen) atoms. The number of benzene rings is 1. The number of aromatic nitrogens is 2. The molecular weight excluding hydrogens is 312 g/mol. The normalized spacial score (nSPS) is 15.7. The average Bonchev–Trinajstić information content (AvgIpc) is 2.92. The van der Waals surface area contributed by atoms with Gasteiger partial charge in [-0.05, 0) is 30.5 Å². The lowest BCUT2D eigenvalue weighted by atomic mass is 9.64. The topological polar surface area (TPSA) is 59.0 Å². The van der Waals surface area contributed by atoms with Crippen LogP contribution in [0.25, 0.3) is 0 Å². The van der Waals surface area contributed by atoms with Crippen LogP contribution in [0.4, 0.5) is 5.82 Å². The van der Waals surface area contributed by atoms with Gasteiger partial charge in [0.2, 0.25) is 5.91 Å². The molecule has 0 spiro atoms. The molecule has 0 saturated heterocycles. The molecule has 1 saturated carbocycles. The van der Waals surface area contributed by atoms with Gasteiger partial charge in [-0.15, -0.1) is 0 Å². The second-order valence-corrected chi connectivity index (χ2v) is 6.57. The molecule has 5 nitrogen and oxygen atoms in total. The molecule has 0 bridgehead atoms. The molecule has 0 atom stereocenters. The van der Waals surface area contributed by atoms with Crippen molar-refractivity contribution >= 4 is 23.3 Å². The lowest BCUT2D eigenvalue weighted by molar-refractivity contribution is -0.119. The number of hydrogen-bond donors (Lipinski definition) is 2. The summed E-state index contributed by atoms with van der Waals surface area (Å²) in [5.74, 6) is 0.757. The Hall–Kier alpha value is -2.01. The third-order valence-electron chi connectivity index (χ3n) is 4.49. The smallest absolute Gasteiger partial charge is 0.218 e. The van der Waals surface area contributed by atoms with Crippen LogP contribution in [0, 0.1) is 0 Å². The zero-order valence-electron chi connectivity index (χ0n) is 13.2. The van der Waals surface area contributed by atoms with Crippen LogP contribution in [0.15, 0.2) is 36.5 Å². The maximum atomic E-state index is 10.9. The first-order chi connectivity index (χ1) is 11.1. The average molecular weight is 333 g/mol. The Bertz CT molecular complexity index is 693. The number of carbonyl (C=O) groups is 1. The van der Waals surface area contributed by atoms with Crippen LogP contribution in [0.5, 0.6) is 0 Å². The second-order valence-electron chi connectivity index (χ2n) is 6.13. The van der Waals surface area contributed by atoms with Gasteiger partial charge in [0.05, 0.1) is 0 Å². The van der Waals surface area contributed by atoms with Crippen molar-refractivity contribution in [3.8, 4) is 0 Å². The number of halogens is 1. The molecule has 1 aliphatic rings. The molecule has 2 N–H and O–H groups in total. The van der Waals surface area contributed by atoms with Crippen LogP contribution >= 0.6 is 11.6 Å². The van der Waals surface area contributed by atoms with E-state index < -0.39 is 0 Å². The number of rotatable bonds is 6. The van der Waals surface area contributed by atoms with Crippen molar-refractivity contribution in [3.05, 3.63) is 47.1 Å². The van der Waals surface area contributed by atoms with Crippen molar-refractivity contribution in [1.29, 1.82) is 0 Å². The maximum absolute atomic E-state index is 10.9. The Morgan fingerprint density at radius 3 is 2.87 bits per heavy atom. The van der Waals surface area contributed by atoms with Gasteiger partial charge in [0.15, 0.2) is 0 Å². The van der Waals surface area contributed by atoms with E-state index in [2.05, 4.69) is 27.9 Å². The van der Waals surface area contributed by atoms with Gasteiger partial charge in [-0.1, -0.05) is 30.2 Å². The number of nitrogens with one attached hydrogen (secondary N) is 2. The van der Waals surface area contributed by atoms with E-state index in [9.17, 15) is 4.79 Å². The summed E-state index contributed by atoms with van der Waals surface area (Å²) in [4.78, 5) is 10.9. The largest absolute Gasteiger partial charge is 0.368 e. The highest BCUT2D eigenvalue weighted by Crippen LogP contribution is 2.44. The van der Waals surface area contributed by atoms with Gasteiger partial charge in [-0.25, -0.2) is 0 Å². The highest BCUT2D eigenvalue weighted by Gasteiger charge is 2.38.